The second kappa shape index (κ2) is 9.09. The van der Waals surface area contributed by atoms with E-state index in [0.29, 0.717) is 5.69 Å². The standard InChI is InChI=1S/C21H24F3N3O2/c1-13-5-6-14(2)18(11-13)26-19(28)12-27(4)15(3)20(29)25-17-9-7-16(8-10-17)21(22,23)24/h5-11,15H,12H2,1-4H3,(H,25,29)(H,26,28)/t15-/m1/s1. The number of amides is 2. The van der Waals surface area contributed by atoms with E-state index in [1.807, 2.05) is 32.0 Å². The first-order chi connectivity index (χ1) is 13.5. The van der Waals surface area contributed by atoms with Gasteiger partial charge >= 0.3 is 6.18 Å². The van der Waals surface area contributed by atoms with Crippen molar-refractivity contribution in [2.45, 2.75) is 33.0 Å². The van der Waals surface area contributed by atoms with Gasteiger partial charge in [-0.15, -0.1) is 0 Å². The van der Waals surface area contributed by atoms with Crippen molar-refractivity contribution in [3.05, 3.63) is 59.2 Å². The van der Waals surface area contributed by atoms with Crippen LogP contribution in [0.5, 0.6) is 0 Å². The number of hydrogen-bond donors (Lipinski definition) is 2. The number of hydrogen-bond acceptors (Lipinski definition) is 3. The highest BCUT2D eigenvalue weighted by atomic mass is 19.4. The fourth-order valence-electron chi connectivity index (χ4n) is 2.61. The minimum absolute atomic E-state index is 0.0189. The third-order valence-corrected chi connectivity index (χ3v) is 4.58. The first-order valence-corrected chi connectivity index (χ1v) is 9.03. The Morgan fingerprint density at radius 2 is 1.66 bits per heavy atom. The van der Waals surface area contributed by atoms with Gasteiger partial charge in [0.1, 0.15) is 0 Å². The van der Waals surface area contributed by atoms with Crippen molar-refractivity contribution in [2.24, 2.45) is 0 Å². The molecule has 0 spiro atoms. The minimum atomic E-state index is -4.43. The molecule has 156 valence electrons. The fraction of sp³-hybridized carbons (Fsp3) is 0.333. The minimum Gasteiger partial charge on any atom is -0.325 e. The molecule has 2 N–H and O–H groups in total. The summed E-state index contributed by atoms with van der Waals surface area (Å²) in [5.74, 6) is -0.692. The van der Waals surface area contributed by atoms with Crippen LogP contribution in [0, 0.1) is 13.8 Å². The quantitative estimate of drug-likeness (QED) is 0.754. The number of carbonyl (C=O) groups excluding carboxylic acids is 2. The molecule has 29 heavy (non-hydrogen) atoms. The van der Waals surface area contributed by atoms with Gasteiger partial charge in [0, 0.05) is 11.4 Å². The van der Waals surface area contributed by atoms with E-state index in [9.17, 15) is 22.8 Å². The zero-order valence-electron chi connectivity index (χ0n) is 16.7. The van der Waals surface area contributed by atoms with Crippen LogP contribution < -0.4 is 10.6 Å². The number of benzene rings is 2. The van der Waals surface area contributed by atoms with Gasteiger partial charge in [0.25, 0.3) is 0 Å². The van der Waals surface area contributed by atoms with Gasteiger partial charge in [-0.05, 0) is 69.3 Å². The van der Waals surface area contributed by atoms with Gasteiger partial charge in [-0.2, -0.15) is 13.2 Å². The number of nitrogens with one attached hydrogen (secondary N) is 2. The van der Waals surface area contributed by atoms with E-state index in [1.165, 1.54) is 12.1 Å². The Morgan fingerprint density at radius 1 is 1.03 bits per heavy atom. The van der Waals surface area contributed by atoms with Gasteiger partial charge in [-0.3, -0.25) is 14.5 Å². The largest absolute Gasteiger partial charge is 0.416 e. The Kier molecular flexibility index (Phi) is 7.02. The SMILES string of the molecule is Cc1ccc(C)c(NC(=O)CN(C)[C@H](C)C(=O)Nc2ccc(C(F)(F)F)cc2)c1. The zero-order chi connectivity index (χ0) is 21.8. The van der Waals surface area contributed by atoms with Crippen molar-refractivity contribution in [3.8, 4) is 0 Å². The molecule has 0 unspecified atom stereocenters. The molecule has 0 saturated heterocycles. The van der Waals surface area contributed by atoms with E-state index in [4.69, 9.17) is 0 Å². The smallest absolute Gasteiger partial charge is 0.325 e. The van der Waals surface area contributed by atoms with Crippen LogP contribution in [0.1, 0.15) is 23.6 Å². The molecule has 2 amide bonds. The van der Waals surface area contributed by atoms with E-state index in [-0.39, 0.29) is 18.1 Å². The van der Waals surface area contributed by atoms with Crippen molar-refractivity contribution in [3.63, 3.8) is 0 Å². The van der Waals surface area contributed by atoms with Crippen molar-refractivity contribution in [1.29, 1.82) is 0 Å². The summed E-state index contributed by atoms with van der Waals surface area (Å²) in [6, 6.07) is 9.26. The molecule has 5 nitrogen and oxygen atoms in total. The average molecular weight is 407 g/mol. The maximum Gasteiger partial charge on any atom is 0.416 e. The number of likely N-dealkylation sites (N-methyl/N-ethyl adjacent to an activating group) is 1. The van der Waals surface area contributed by atoms with Gasteiger partial charge in [0.05, 0.1) is 18.2 Å². The molecule has 0 aromatic heterocycles. The molecule has 2 aromatic carbocycles. The molecular formula is C21H24F3N3O2. The summed E-state index contributed by atoms with van der Waals surface area (Å²) in [5.41, 5.74) is 2.13. The summed E-state index contributed by atoms with van der Waals surface area (Å²) in [5, 5.41) is 5.39. The van der Waals surface area contributed by atoms with Gasteiger partial charge < -0.3 is 10.6 Å². The molecule has 0 aliphatic rings. The molecular weight excluding hydrogens is 383 g/mol. The first-order valence-electron chi connectivity index (χ1n) is 9.03. The van der Waals surface area contributed by atoms with Crippen LogP contribution in [-0.2, 0) is 15.8 Å². The van der Waals surface area contributed by atoms with E-state index < -0.39 is 23.7 Å². The van der Waals surface area contributed by atoms with Crippen molar-refractivity contribution in [1.82, 2.24) is 4.90 Å². The molecule has 0 aliphatic carbocycles. The number of rotatable bonds is 6. The molecule has 0 aliphatic heterocycles. The first kappa shape index (κ1) is 22.4. The van der Waals surface area contributed by atoms with Gasteiger partial charge in [0.2, 0.25) is 11.8 Å². The van der Waals surface area contributed by atoms with Crippen molar-refractivity contribution in [2.75, 3.05) is 24.2 Å². The molecule has 0 fully saturated rings. The van der Waals surface area contributed by atoms with Crippen molar-refractivity contribution >= 4 is 23.2 Å². The zero-order valence-corrected chi connectivity index (χ0v) is 16.7. The van der Waals surface area contributed by atoms with Crippen LogP contribution in [0.3, 0.4) is 0 Å². The van der Waals surface area contributed by atoms with E-state index >= 15 is 0 Å². The normalized spacial score (nSPS) is 12.6. The lowest BCUT2D eigenvalue weighted by atomic mass is 10.1. The molecule has 2 rings (SSSR count). The molecule has 0 saturated carbocycles. The van der Waals surface area contributed by atoms with Crippen LogP contribution in [0.25, 0.3) is 0 Å². The predicted molar refractivity (Wildman–Crippen MR) is 107 cm³/mol. The Morgan fingerprint density at radius 3 is 2.24 bits per heavy atom. The Hall–Kier alpha value is -2.87. The lowest BCUT2D eigenvalue weighted by molar-refractivity contribution is -0.137. The van der Waals surface area contributed by atoms with E-state index in [2.05, 4.69) is 10.6 Å². The Labute approximate surface area is 167 Å². The highest BCUT2D eigenvalue weighted by Crippen LogP contribution is 2.29. The Balaban J connectivity index is 1.93. The summed E-state index contributed by atoms with van der Waals surface area (Å²) < 4.78 is 37.8. The second-order valence-corrected chi connectivity index (χ2v) is 7.02. The van der Waals surface area contributed by atoms with Crippen molar-refractivity contribution < 1.29 is 22.8 Å². The fourth-order valence-corrected chi connectivity index (χ4v) is 2.61. The average Bonchev–Trinajstić information content (AvgIpc) is 2.63. The van der Waals surface area contributed by atoms with Gasteiger partial charge in [-0.25, -0.2) is 0 Å². The molecule has 0 bridgehead atoms. The number of halogens is 3. The summed E-state index contributed by atoms with van der Waals surface area (Å²) in [6.07, 6.45) is -4.43. The second-order valence-electron chi connectivity index (χ2n) is 7.02. The Bertz CT molecular complexity index is 880. The number of alkyl halides is 3. The maximum absolute atomic E-state index is 12.6. The third-order valence-electron chi connectivity index (χ3n) is 4.58. The van der Waals surface area contributed by atoms with Crippen LogP contribution >= 0.6 is 0 Å². The molecule has 8 heteroatoms. The number of aryl methyl sites for hydroxylation is 2. The molecule has 2 aromatic rings. The summed E-state index contributed by atoms with van der Waals surface area (Å²) in [7, 11) is 1.62. The summed E-state index contributed by atoms with van der Waals surface area (Å²) in [4.78, 5) is 26.2. The molecule has 0 radical (unpaired) electrons. The van der Waals surface area contributed by atoms with Gasteiger partial charge in [-0.1, -0.05) is 12.1 Å². The number of anilines is 2. The van der Waals surface area contributed by atoms with Crippen LogP contribution in [0.15, 0.2) is 42.5 Å². The van der Waals surface area contributed by atoms with Crippen LogP contribution in [-0.4, -0.2) is 36.3 Å². The highest BCUT2D eigenvalue weighted by Gasteiger charge is 2.30. The van der Waals surface area contributed by atoms with E-state index in [1.54, 1.807) is 18.9 Å². The molecule has 0 heterocycles. The maximum atomic E-state index is 12.6. The summed E-state index contributed by atoms with van der Waals surface area (Å²) >= 11 is 0. The number of nitrogens with zero attached hydrogens (tertiary/aromatic N) is 1. The molecule has 1 atom stereocenters. The third kappa shape index (κ3) is 6.32. The van der Waals surface area contributed by atoms with Crippen LogP contribution in [0.4, 0.5) is 24.5 Å². The lowest BCUT2D eigenvalue weighted by Gasteiger charge is -2.23. The predicted octanol–water partition coefficient (Wildman–Crippen LogP) is 4.22. The van der Waals surface area contributed by atoms with E-state index in [0.717, 1.165) is 23.3 Å². The number of carbonyl (C=O) groups is 2. The van der Waals surface area contributed by atoms with Gasteiger partial charge in [0.15, 0.2) is 0 Å². The summed E-state index contributed by atoms with van der Waals surface area (Å²) in [6.45, 7) is 5.41. The highest BCUT2D eigenvalue weighted by molar-refractivity contribution is 5.96. The topological polar surface area (TPSA) is 61.4 Å². The van der Waals surface area contributed by atoms with Crippen LogP contribution in [0.2, 0.25) is 0 Å². The monoisotopic (exact) mass is 407 g/mol. The lowest BCUT2D eigenvalue weighted by Crippen LogP contribution is -2.43.